The summed E-state index contributed by atoms with van der Waals surface area (Å²) in [6.07, 6.45) is 3.95. The first-order chi connectivity index (χ1) is 10.8. The molecule has 1 aromatic rings. The topological polar surface area (TPSA) is 92.6 Å². The van der Waals surface area contributed by atoms with E-state index in [1.807, 2.05) is 0 Å². The van der Waals surface area contributed by atoms with Gasteiger partial charge in [0.15, 0.2) is 0 Å². The summed E-state index contributed by atoms with van der Waals surface area (Å²) >= 11 is 0. The number of rotatable bonds is 5. The van der Waals surface area contributed by atoms with E-state index in [0.29, 0.717) is 17.6 Å². The largest absolute Gasteiger partial charge is 0.311 e. The fraction of sp³-hybridized carbons (Fsp3) is 0.600. The van der Waals surface area contributed by atoms with Gasteiger partial charge >= 0.3 is 0 Å². The lowest BCUT2D eigenvalue weighted by Gasteiger charge is -2.34. The number of nitro benzene ring substituents is 1. The second-order valence-electron chi connectivity index (χ2n) is 6.46. The van der Waals surface area contributed by atoms with E-state index in [1.54, 1.807) is 7.05 Å². The molecule has 1 aromatic carbocycles. The third kappa shape index (κ3) is 4.05. The molecular formula is C15H22ClN3O4S. The molecule has 2 unspecified atom stereocenters. The Labute approximate surface area is 148 Å². The lowest BCUT2D eigenvalue weighted by atomic mass is 10.0. The van der Waals surface area contributed by atoms with Crippen molar-refractivity contribution >= 4 is 28.1 Å². The van der Waals surface area contributed by atoms with Crippen molar-refractivity contribution in [1.82, 2.24) is 9.62 Å². The van der Waals surface area contributed by atoms with Crippen LogP contribution < -0.4 is 5.32 Å². The Kier molecular flexibility index (Phi) is 5.85. The van der Waals surface area contributed by atoms with Crippen molar-refractivity contribution in [1.29, 1.82) is 0 Å². The molecule has 0 spiro atoms. The molecule has 0 aromatic heterocycles. The third-order valence-corrected chi connectivity index (χ3v) is 6.77. The first kappa shape index (κ1) is 19.1. The van der Waals surface area contributed by atoms with Crippen LogP contribution in [-0.2, 0) is 15.8 Å². The third-order valence-electron chi connectivity index (χ3n) is 4.90. The average Bonchev–Trinajstić information content (AvgIpc) is 2.85. The molecule has 7 nitrogen and oxygen atoms in total. The predicted molar refractivity (Wildman–Crippen MR) is 93.7 cm³/mol. The van der Waals surface area contributed by atoms with Crippen molar-refractivity contribution < 1.29 is 13.3 Å². The van der Waals surface area contributed by atoms with Gasteiger partial charge in [-0.25, -0.2) is 12.7 Å². The molecule has 2 saturated heterocycles. The Morgan fingerprint density at radius 2 is 1.75 bits per heavy atom. The maximum absolute atomic E-state index is 12.6. The van der Waals surface area contributed by atoms with Gasteiger partial charge in [0.1, 0.15) is 0 Å². The van der Waals surface area contributed by atoms with Gasteiger partial charge in [-0.15, -0.1) is 12.4 Å². The van der Waals surface area contributed by atoms with Gasteiger partial charge in [-0.1, -0.05) is 12.1 Å². The predicted octanol–water partition coefficient (Wildman–Crippen LogP) is 2.06. The van der Waals surface area contributed by atoms with Crippen LogP contribution in [0.25, 0.3) is 0 Å². The highest BCUT2D eigenvalue weighted by molar-refractivity contribution is 7.88. The first-order valence-corrected chi connectivity index (χ1v) is 9.41. The molecule has 9 heteroatoms. The average molecular weight is 376 g/mol. The van der Waals surface area contributed by atoms with Crippen LogP contribution in [0.5, 0.6) is 0 Å². The Morgan fingerprint density at radius 1 is 1.21 bits per heavy atom. The number of nitrogens with one attached hydrogen (secondary N) is 1. The zero-order chi connectivity index (χ0) is 16.6. The van der Waals surface area contributed by atoms with Crippen LogP contribution in [0.1, 0.15) is 31.2 Å². The standard InChI is InChI=1S/C15H21N3O4S.ClH/c1-17(15-8-12-4-5-13(9-15)16-12)23(21,22)10-11-2-6-14(7-3-11)18(19)20;/h2-3,6-7,12-13,15-16H,4-5,8-10H2,1H3;1H. The quantitative estimate of drug-likeness (QED) is 0.628. The number of nitrogens with zero attached hydrogens (tertiary/aromatic N) is 2. The Bertz CT molecular complexity index is 683. The van der Waals surface area contributed by atoms with Gasteiger partial charge in [0.05, 0.1) is 10.7 Å². The second-order valence-corrected chi connectivity index (χ2v) is 8.49. The Morgan fingerprint density at radius 3 is 2.25 bits per heavy atom. The number of fused-ring (bicyclic) bond motifs is 2. The summed E-state index contributed by atoms with van der Waals surface area (Å²) in [5.74, 6) is -0.124. The van der Waals surface area contributed by atoms with E-state index < -0.39 is 14.9 Å². The van der Waals surface area contributed by atoms with Gasteiger partial charge in [-0.3, -0.25) is 10.1 Å². The van der Waals surface area contributed by atoms with E-state index in [4.69, 9.17) is 0 Å². The van der Waals surface area contributed by atoms with Crippen LogP contribution in [0.2, 0.25) is 0 Å². The van der Waals surface area contributed by atoms with E-state index in [1.165, 1.54) is 28.6 Å². The van der Waals surface area contributed by atoms with Crippen LogP contribution in [0, 0.1) is 10.1 Å². The molecule has 2 fully saturated rings. The molecule has 2 aliphatic heterocycles. The lowest BCUT2D eigenvalue weighted by Crippen LogP contribution is -2.48. The second kappa shape index (κ2) is 7.35. The van der Waals surface area contributed by atoms with E-state index in [2.05, 4.69) is 5.32 Å². The van der Waals surface area contributed by atoms with E-state index in [-0.39, 0.29) is 29.9 Å². The minimum absolute atomic E-state index is 0. The monoisotopic (exact) mass is 375 g/mol. The highest BCUT2D eigenvalue weighted by Gasteiger charge is 2.38. The molecule has 2 heterocycles. The number of piperidine rings is 1. The molecule has 2 bridgehead atoms. The Hall–Kier alpha value is -1.22. The molecule has 3 rings (SSSR count). The van der Waals surface area contributed by atoms with E-state index in [9.17, 15) is 18.5 Å². The van der Waals surface area contributed by atoms with Crippen molar-refractivity contribution in [3.05, 3.63) is 39.9 Å². The van der Waals surface area contributed by atoms with Crippen molar-refractivity contribution in [2.75, 3.05) is 7.05 Å². The Balaban J connectivity index is 0.00000208. The molecule has 0 radical (unpaired) electrons. The van der Waals surface area contributed by atoms with Crippen molar-refractivity contribution in [2.24, 2.45) is 0 Å². The maximum Gasteiger partial charge on any atom is 0.269 e. The van der Waals surface area contributed by atoms with Crippen LogP contribution >= 0.6 is 12.4 Å². The zero-order valence-electron chi connectivity index (χ0n) is 13.4. The number of non-ortho nitro benzene ring substituents is 1. The lowest BCUT2D eigenvalue weighted by molar-refractivity contribution is -0.384. The fourth-order valence-electron chi connectivity index (χ4n) is 3.58. The van der Waals surface area contributed by atoms with Crippen molar-refractivity contribution in [3.8, 4) is 0 Å². The maximum atomic E-state index is 12.6. The van der Waals surface area contributed by atoms with Gasteiger partial charge in [0, 0.05) is 37.3 Å². The highest BCUT2D eigenvalue weighted by atomic mass is 35.5. The number of hydrogen-bond acceptors (Lipinski definition) is 5. The van der Waals surface area contributed by atoms with Gasteiger partial charge in [-0.05, 0) is 31.2 Å². The summed E-state index contributed by atoms with van der Waals surface area (Å²) in [6.45, 7) is 0. The minimum atomic E-state index is -3.43. The van der Waals surface area contributed by atoms with Gasteiger partial charge in [0.2, 0.25) is 10.0 Å². The van der Waals surface area contributed by atoms with Gasteiger partial charge < -0.3 is 5.32 Å². The molecule has 134 valence electrons. The summed E-state index contributed by atoms with van der Waals surface area (Å²) in [7, 11) is -1.78. The van der Waals surface area contributed by atoms with Crippen LogP contribution in [0.15, 0.2) is 24.3 Å². The first-order valence-electron chi connectivity index (χ1n) is 7.80. The molecule has 24 heavy (non-hydrogen) atoms. The molecule has 0 saturated carbocycles. The fourth-order valence-corrected chi connectivity index (χ4v) is 5.02. The van der Waals surface area contributed by atoms with Crippen molar-refractivity contribution in [3.63, 3.8) is 0 Å². The minimum Gasteiger partial charge on any atom is -0.311 e. The van der Waals surface area contributed by atoms with Crippen LogP contribution in [0.4, 0.5) is 5.69 Å². The summed E-state index contributed by atoms with van der Waals surface area (Å²) in [6, 6.07) is 6.60. The summed E-state index contributed by atoms with van der Waals surface area (Å²) in [5.41, 5.74) is 0.536. The SMILES string of the molecule is CN(C1CC2CCC(C1)N2)S(=O)(=O)Cc1ccc([N+](=O)[O-])cc1.Cl. The molecule has 2 aliphatic rings. The summed E-state index contributed by atoms with van der Waals surface area (Å²) in [5, 5.41) is 14.2. The summed E-state index contributed by atoms with van der Waals surface area (Å²) < 4.78 is 26.7. The summed E-state index contributed by atoms with van der Waals surface area (Å²) in [4.78, 5) is 10.2. The molecule has 2 atom stereocenters. The highest BCUT2D eigenvalue weighted by Crippen LogP contribution is 2.30. The molecule has 0 aliphatic carbocycles. The number of nitro groups is 1. The van der Waals surface area contributed by atoms with Crippen LogP contribution in [0.3, 0.4) is 0 Å². The van der Waals surface area contributed by atoms with E-state index >= 15 is 0 Å². The normalized spacial score (nSPS) is 26.2. The van der Waals surface area contributed by atoms with Crippen molar-refractivity contribution in [2.45, 2.75) is 49.6 Å². The molecule has 0 amide bonds. The number of sulfonamides is 1. The van der Waals surface area contributed by atoms with Crippen LogP contribution in [-0.4, -0.2) is 42.8 Å². The van der Waals surface area contributed by atoms with Gasteiger partial charge in [0.25, 0.3) is 5.69 Å². The number of hydrogen-bond donors (Lipinski definition) is 1. The molecular weight excluding hydrogens is 354 g/mol. The molecule has 1 N–H and O–H groups in total. The number of halogens is 1. The smallest absolute Gasteiger partial charge is 0.269 e. The number of benzene rings is 1. The van der Waals surface area contributed by atoms with Gasteiger partial charge in [-0.2, -0.15) is 0 Å². The van der Waals surface area contributed by atoms with E-state index in [0.717, 1.165) is 25.7 Å². The zero-order valence-corrected chi connectivity index (χ0v) is 15.1.